The number of nitrogens with zero attached hydrogens (tertiary/aromatic N) is 3. The molecule has 1 amide bonds. The minimum absolute atomic E-state index is 0.0285. The van der Waals surface area contributed by atoms with Gasteiger partial charge in [0, 0.05) is 48.2 Å². The fraction of sp³-hybridized carbons (Fsp3) is 0.233. The first-order valence-electron chi connectivity index (χ1n) is 12.4. The number of fused-ring (bicyclic) bond motifs is 3. The summed E-state index contributed by atoms with van der Waals surface area (Å²) in [5.74, 6) is -3.34. The third-order valence-electron chi connectivity index (χ3n) is 6.65. The smallest absolute Gasteiger partial charge is 0.341 e. The Morgan fingerprint density at radius 1 is 1.05 bits per heavy atom. The van der Waals surface area contributed by atoms with Crippen LogP contribution in [0.25, 0.3) is 16.8 Å². The topological polar surface area (TPSA) is 64.4 Å². The maximum absolute atomic E-state index is 13.9. The van der Waals surface area contributed by atoms with Gasteiger partial charge in [-0.3, -0.25) is 4.79 Å². The first-order chi connectivity index (χ1) is 18.2. The molecule has 3 heterocycles. The summed E-state index contributed by atoms with van der Waals surface area (Å²) in [7, 11) is 0. The summed E-state index contributed by atoms with van der Waals surface area (Å²) in [6.07, 6.45) is 5.37. The van der Waals surface area contributed by atoms with Gasteiger partial charge in [0.2, 0.25) is 0 Å². The number of aromatic nitrogens is 2. The number of benzene rings is 2. The molecule has 0 aromatic heterocycles. The van der Waals surface area contributed by atoms with Crippen molar-refractivity contribution < 1.29 is 23.1 Å². The molecule has 0 atom stereocenters. The number of esters is 1. The lowest BCUT2D eigenvalue weighted by Gasteiger charge is -2.30. The molecule has 0 saturated carbocycles. The van der Waals surface area contributed by atoms with E-state index in [1.807, 2.05) is 62.6 Å². The lowest BCUT2D eigenvalue weighted by molar-refractivity contribution is -0.136. The van der Waals surface area contributed by atoms with E-state index in [1.54, 1.807) is 6.92 Å². The summed E-state index contributed by atoms with van der Waals surface area (Å²) in [4.78, 5) is 32.7. The molecule has 2 aromatic carbocycles. The average Bonchev–Trinajstić information content (AvgIpc) is 3.22. The largest absolute Gasteiger partial charge is 0.462 e. The van der Waals surface area contributed by atoms with Crippen molar-refractivity contribution in [3.63, 3.8) is 0 Å². The van der Waals surface area contributed by atoms with Crippen LogP contribution in [0.4, 0.5) is 8.78 Å². The lowest BCUT2D eigenvalue weighted by atomic mass is 9.81. The van der Waals surface area contributed by atoms with Crippen LogP contribution in [-0.4, -0.2) is 39.5 Å². The normalized spacial score (nSPS) is 14.6. The van der Waals surface area contributed by atoms with Crippen molar-refractivity contribution in [3.8, 4) is 11.3 Å². The van der Waals surface area contributed by atoms with Gasteiger partial charge in [0.25, 0.3) is 5.91 Å². The number of hydrogen-bond acceptors (Lipinski definition) is 4. The number of carbonyl (C=O) groups excluding carboxylic acids is 2. The van der Waals surface area contributed by atoms with Crippen molar-refractivity contribution in [2.24, 2.45) is 0 Å². The maximum Gasteiger partial charge on any atom is 0.341 e. The van der Waals surface area contributed by atoms with Gasteiger partial charge in [-0.25, -0.2) is 18.6 Å². The summed E-state index contributed by atoms with van der Waals surface area (Å²) < 4.78 is 34.8. The van der Waals surface area contributed by atoms with E-state index in [0.717, 1.165) is 34.5 Å². The molecular weight excluding hydrogens is 488 g/mol. The molecule has 3 aliphatic heterocycles. The predicted molar refractivity (Wildman–Crippen MR) is 139 cm³/mol. The number of carbonyl (C=O) groups is 2. The van der Waals surface area contributed by atoms with Gasteiger partial charge in [0.05, 0.1) is 18.0 Å². The average molecular weight is 516 g/mol. The zero-order valence-corrected chi connectivity index (χ0v) is 21.4. The van der Waals surface area contributed by atoms with Gasteiger partial charge >= 0.3 is 5.97 Å². The Labute approximate surface area is 219 Å². The number of pyridine rings is 1. The molecule has 0 unspecified atom stereocenters. The molecule has 0 radical (unpaired) electrons. The highest BCUT2D eigenvalue weighted by atomic mass is 19.2. The van der Waals surface area contributed by atoms with E-state index in [-0.39, 0.29) is 24.3 Å². The van der Waals surface area contributed by atoms with Gasteiger partial charge in [0.15, 0.2) is 11.6 Å². The minimum Gasteiger partial charge on any atom is -0.462 e. The molecule has 194 valence electrons. The van der Waals surface area contributed by atoms with Crippen LogP contribution in [0.3, 0.4) is 0 Å². The van der Waals surface area contributed by atoms with Crippen molar-refractivity contribution in [3.05, 3.63) is 107 Å². The Kier molecular flexibility index (Phi) is 6.57. The molecule has 0 saturated heterocycles. The SMILES string of the molecule is CCOC(=O)C1=CN(C(=O)c2ccc(F)c(F)c2)CC(C)(C)c2c3cn(Cc4ccccc4)ccc-3nc21. The summed E-state index contributed by atoms with van der Waals surface area (Å²) >= 11 is 0. The van der Waals surface area contributed by atoms with Crippen LogP contribution in [0.1, 0.15) is 48.0 Å². The van der Waals surface area contributed by atoms with E-state index in [4.69, 9.17) is 9.72 Å². The van der Waals surface area contributed by atoms with E-state index >= 15 is 0 Å². The minimum atomic E-state index is -1.12. The van der Waals surface area contributed by atoms with Crippen LogP contribution in [0.15, 0.2) is 73.2 Å². The number of amides is 1. The molecule has 0 fully saturated rings. The van der Waals surface area contributed by atoms with E-state index in [0.29, 0.717) is 12.2 Å². The molecule has 0 N–H and O–H groups in total. The molecule has 0 bridgehead atoms. The van der Waals surface area contributed by atoms with Crippen molar-refractivity contribution in [2.75, 3.05) is 13.2 Å². The van der Waals surface area contributed by atoms with Crippen LogP contribution in [0.5, 0.6) is 0 Å². The van der Waals surface area contributed by atoms with Crippen LogP contribution in [0.2, 0.25) is 0 Å². The molecule has 3 aliphatic rings. The Balaban J connectivity index is 1.63. The van der Waals surface area contributed by atoms with Crippen LogP contribution in [-0.2, 0) is 21.5 Å². The summed E-state index contributed by atoms with van der Waals surface area (Å²) in [6.45, 7) is 6.60. The quantitative estimate of drug-likeness (QED) is 0.322. The van der Waals surface area contributed by atoms with Crippen molar-refractivity contribution >= 4 is 17.4 Å². The first kappa shape index (κ1) is 25.3. The van der Waals surface area contributed by atoms with Crippen molar-refractivity contribution in [2.45, 2.75) is 32.7 Å². The lowest BCUT2D eigenvalue weighted by Crippen LogP contribution is -2.37. The highest BCUT2D eigenvalue weighted by Crippen LogP contribution is 2.43. The van der Waals surface area contributed by atoms with Gasteiger partial charge in [-0.2, -0.15) is 0 Å². The van der Waals surface area contributed by atoms with Crippen LogP contribution >= 0.6 is 0 Å². The Hall–Kier alpha value is -4.33. The predicted octanol–water partition coefficient (Wildman–Crippen LogP) is 5.65. The highest BCUT2D eigenvalue weighted by molar-refractivity contribution is 6.18. The highest BCUT2D eigenvalue weighted by Gasteiger charge is 2.39. The van der Waals surface area contributed by atoms with Crippen molar-refractivity contribution in [1.82, 2.24) is 14.5 Å². The number of ether oxygens (including phenoxy) is 1. The van der Waals surface area contributed by atoms with E-state index in [1.165, 1.54) is 17.2 Å². The first-order valence-corrected chi connectivity index (χ1v) is 12.4. The second-order valence-corrected chi connectivity index (χ2v) is 9.95. The number of rotatable bonds is 5. The number of halogens is 2. The second kappa shape index (κ2) is 9.85. The fourth-order valence-electron chi connectivity index (χ4n) is 4.95. The molecule has 0 aliphatic carbocycles. The molecule has 38 heavy (non-hydrogen) atoms. The maximum atomic E-state index is 13.9. The van der Waals surface area contributed by atoms with Gasteiger partial charge in [0.1, 0.15) is 5.57 Å². The third-order valence-corrected chi connectivity index (χ3v) is 6.65. The summed E-state index contributed by atoms with van der Waals surface area (Å²) in [6, 6.07) is 15.0. The summed E-state index contributed by atoms with van der Waals surface area (Å²) in [5.41, 5.74) is 3.43. The monoisotopic (exact) mass is 515 g/mol. The molecule has 2 aromatic rings. The molecule has 6 nitrogen and oxygen atoms in total. The van der Waals surface area contributed by atoms with Crippen LogP contribution < -0.4 is 0 Å². The van der Waals surface area contributed by atoms with E-state index in [9.17, 15) is 18.4 Å². The second-order valence-electron chi connectivity index (χ2n) is 9.95. The Morgan fingerprint density at radius 2 is 1.82 bits per heavy atom. The number of hydrogen-bond donors (Lipinski definition) is 0. The molecule has 0 spiro atoms. The molecular formula is C30H27F2N3O3. The zero-order chi connectivity index (χ0) is 27.0. The fourth-order valence-corrected chi connectivity index (χ4v) is 4.95. The third kappa shape index (κ3) is 4.69. The zero-order valence-electron chi connectivity index (χ0n) is 21.4. The Morgan fingerprint density at radius 3 is 2.53 bits per heavy atom. The van der Waals surface area contributed by atoms with Gasteiger partial charge in [-0.05, 0) is 42.3 Å². The summed E-state index contributed by atoms with van der Waals surface area (Å²) in [5, 5.41) is 0. The van der Waals surface area contributed by atoms with Gasteiger partial charge < -0.3 is 14.2 Å². The Bertz CT molecular complexity index is 1530. The van der Waals surface area contributed by atoms with Gasteiger partial charge in [-0.1, -0.05) is 44.2 Å². The standard InChI is InChI=1S/C30H27F2N3O3/c1-4-38-29(37)22-17-35(28(36)20-10-11-23(31)24(32)14-20)18-30(2,3)26-21-16-34(13-12-25(21)33-27(22)26)15-19-8-6-5-7-9-19/h5-14,16-17H,4,15,18H2,1-3H3. The molecule has 5 rings (SSSR count). The van der Waals surface area contributed by atoms with Gasteiger partial charge in [-0.15, -0.1) is 0 Å². The van der Waals surface area contributed by atoms with E-state index < -0.39 is 28.9 Å². The van der Waals surface area contributed by atoms with Crippen LogP contribution in [0, 0.1) is 11.6 Å². The molecule has 8 heteroatoms. The van der Waals surface area contributed by atoms with E-state index in [2.05, 4.69) is 4.57 Å². The van der Waals surface area contributed by atoms with Crippen molar-refractivity contribution in [1.29, 1.82) is 0 Å².